The number of pyridine rings is 1. The minimum Gasteiger partial charge on any atom is -0.368 e. The number of benzene rings is 1. The third-order valence-electron chi connectivity index (χ3n) is 3.91. The number of nitrogen functional groups attached to an aromatic ring is 1. The zero-order valence-corrected chi connectivity index (χ0v) is 15.4. The molecule has 1 aromatic carbocycles. The van der Waals surface area contributed by atoms with Gasteiger partial charge in [-0.3, -0.25) is 4.98 Å². The van der Waals surface area contributed by atoms with Gasteiger partial charge < -0.3 is 5.73 Å². The van der Waals surface area contributed by atoms with E-state index in [9.17, 15) is 4.39 Å². The summed E-state index contributed by atoms with van der Waals surface area (Å²) in [4.78, 5) is 16.3. The van der Waals surface area contributed by atoms with E-state index in [1.165, 1.54) is 22.8 Å². The van der Waals surface area contributed by atoms with E-state index in [1.807, 2.05) is 6.07 Å². The molecule has 0 fully saturated rings. The highest BCUT2D eigenvalue weighted by Gasteiger charge is 2.18. The minimum absolute atomic E-state index is 0.128. The van der Waals surface area contributed by atoms with E-state index < -0.39 is 5.82 Å². The molecule has 132 valence electrons. The normalized spacial score (nSPS) is 10.9. The number of hydrogen-bond donors (Lipinski definition) is 1. The molecule has 0 atom stereocenters. The number of rotatable bonds is 3. The summed E-state index contributed by atoms with van der Waals surface area (Å²) in [6.07, 6.45) is 1.64. The Morgan fingerprint density at radius 2 is 2.07 bits per heavy atom. The average molecular weight is 424 g/mol. The van der Waals surface area contributed by atoms with Gasteiger partial charge in [-0.15, -0.1) is 5.10 Å². The monoisotopic (exact) mass is 423 g/mol. The molecular weight excluding hydrogens is 413 g/mol. The molecule has 0 aliphatic carbocycles. The maximum atomic E-state index is 13.9. The highest BCUT2D eigenvalue weighted by Crippen LogP contribution is 2.32. The Labute approximate surface area is 161 Å². The molecule has 2 N–H and O–H groups in total. The van der Waals surface area contributed by atoms with Gasteiger partial charge in [0.15, 0.2) is 17.2 Å². The lowest BCUT2D eigenvalue weighted by molar-refractivity contribution is 0.601. The molecule has 3 aromatic heterocycles. The lowest BCUT2D eigenvalue weighted by Gasteiger charge is -2.07. The van der Waals surface area contributed by atoms with Crippen LogP contribution in [0.25, 0.3) is 21.7 Å². The Morgan fingerprint density at radius 3 is 2.85 bits per heavy atom. The van der Waals surface area contributed by atoms with Gasteiger partial charge in [-0.2, -0.15) is 4.52 Å². The van der Waals surface area contributed by atoms with Crippen LogP contribution in [0.4, 0.5) is 16.0 Å². The van der Waals surface area contributed by atoms with Crippen molar-refractivity contribution in [1.29, 1.82) is 0 Å². The first-order valence-corrected chi connectivity index (χ1v) is 8.64. The fourth-order valence-electron chi connectivity index (χ4n) is 2.66. The van der Waals surface area contributed by atoms with Gasteiger partial charge in [0.05, 0.1) is 28.9 Å². The first-order valence-electron chi connectivity index (χ1n) is 7.84. The van der Waals surface area contributed by atoms with E-state index >= 15 is 0 Å². The zero-order chi connectivity index (χ0) is 19.0. The van der Waals surface area contributed by atoms with Crippen molar-refractivity contribution in [3.05, 3.63) is 75.8 Å². The predicted octanol–water partition coefficient (Wildman–Crippen LogP) is 3.81. The van der Waals surface area contributed by atoms with Crippen LogP contribution in [0.3, 0.4) is 0 Å². The highest BCUT2D eigenvalue weighted by atomic mass is 79.9. The second-order valence-corrected chi connectivity index (χ2v) is 6.46. The molecule has 4 rings (SSSR count). The molecule has 0 aliphatic rings. The summed E-state index contributed by atoms with van der Waals surface area (Å²) in [6.45, 7) is 7.16. The summed E-state index contributed by atoms with van der Waals surface area (Å²) >= 11 is 3.50. The van der Waals surface area contributed by atoms with Crippen LogP contribution < -0.4 is 5.73 Å². The molecule has 7 nitrogen and oxygen atoms in total. The van der Waals surface area contributed by atoms with Crippen molar-refractivity contribution in [2.75, 3.05) is 5.73 Å². The first-order chi connectivity index (χ1) is 13.1. The van der Waals surface area contributed by atoms with Gasteiger partial charge in [0, 0.05) is 6.20 Å². The fraction of sp³-hybridized carbons (Fsp3) is 0.0556. The summed E-state index contributed by atoms with van der Waals surface area (Å²) in [7, 11) is 0. The van der Waals surface area contributed by atoms with Crippen LogP contribution in [0.1, 0.15) is 11.5 Å². The van der Waals surface area contributed by atoms with E-state index in [-0.39, 0.29) is 18.1 Å². The first kappa shape index (κ1) is 17.1. The van der Waals surface area contributed by atoms with Crippen molar-refractivity contribution in [2.24, 2.45) is 0 Å². The summed E-state index contributed by atoms with van der Waals surface area (Å²) in [5.41, 5.74) is 8.52. The molecule has 9 heteroatoms. The van der Waals surface area contributed by atoms with E-state index in [1.54, 1.807) is 18.2 Å². The van der Waals surface area contributed by atoms with Crippen molar-refractivity contribution in [1.82, 2.24) is 24.6 Å². The number of nitrogens with zero attached hydrogens (tertiary/aromatic N) is 6. The SMILES string of the molecule is [C-]#[N+]c1cccc(-c2nc(N)n3nc(Cc4ncccc4F)nc3c2Br)c1. The van der Waals surface area contributed by atoms with Crippen LogP contribution in [0.2, 0.25) is 0 Å². The molecule has 4 aromatic rings. The summed E-state index contributed by atoms with van der Waals surface area (Å²) in [5.74, 6) is 0.0867. The van der Waals surface area contributed by atoms with Gasteiger partial charge in [-0.25, -0.2) is 19.2 Å². The zero-order valence-electron chi connectivity index (χ0n) is 13.8. The molecule has 0 unspecified atom stereocenters. The number of halogens is 2. The predicted molar refractivity (Wildman–Crippen MR) is 102 cm³/mol. The molecule has 0 bridgehead atoms. The molecule has 0 saturated heterocycles. The third kappa shape index (κ3) is 3.11. The molecule has 0 saturated carbocycles. The summed E-state index contributed by atoms with van der Waals surface area (Å²) in [5, 5.41) is 4.31. The topological polar surface area (TPSA) is 86.3 Å². The Morgan fingerprint density at radius 1 is 1.22 bits per heavy atom. The number of anilines is 1. The molecule has 3 heterocycles. The number of hydrogen-bond acceptors (Lipinski definition) is 5. The molecule has 27 heavy (non-hydrogen) atoms. The molecule has 0 amide bonds. The van der Waals surface area contributed by atoms with Crippen molar-refractivity contribution in [3.63, 3.8) is 0 Å². The van der Waals surface area contributed by atoms with E-state index in [0.717, 1.165) is 5.56 Å². The average Bonchev–Trinajstić information content (AvgIpc) is 3.11. The highest BCUT2D eigenvalue weighted by molar-refractivity contribution is 9.10. The smallest absolute Gasteiger partial charge is 0.223 e. The van der Waals surface area contributed by atoms with Gasteiger partial charge in [-0.1, -0.05) is 18.2 Å². The van der Waals surface area contributed by atoms with Crippen molar-refractivity contribution in [3.8, 4) is 11.3 Å². The lowest BCUT2D eigenvalue weighted by Crippen LogP contribution is -2.04. The second-order valence-electron chi connectivity index (χ2n) is 5.67. The quantitative estimate of drug-likeness (QED) is 0.506. The van der Waals surface area contributed by atoms with Crippen molar-refractivity contribution in [2.45, 2.75) is 6.42 Å². The summed E-state index contributed by atoms with van der Waals surface area (Å²) in [6, 6.07) is 9.90. The Hall–Kier alpha value is -3.38. The minimum atomic E-state index is -0.418. The molecular formula is C18H11BrFN7. The van der Waals surface area contributed by atoms with Crippen LogP contribution in [0, 0.1) is 12.4 Å². The number of aromatic nitrogens is 5. The molecule has 0 spiro atoms. The molecule has 0 radical (unpaired) electrons. The lowest BCUT2D eigenvalue weighted by atomic mass is 10.1. The van der Waals surface area contributed by atoms with Gasteiger partial charge >= 0.3 is 0 Å². The maximum Gasteiger partial charge on any atom is 0.223 e. The second kappa shape index (κ2) is 6.74. The Balaban J connectivity index is 1.82. The van der Waals surface area contributed by atoms with Gasteiger partial charge in [0.25, 0.3) is 0 Å². The Kier molecular flexibility index (Phi) is 4.25. The van der Waals surface area contributed by atoms with E-state index in [0.29, 0.717) is 27.3 Å². The van der Waals surface area contributed by atoms with Gasteiger partial charge in [0.1, 0.15) is 5.82 Å². The summed E-state index contributed by atoms with van der Waals surface area (Å²) < 4.78 is 15.8. The maximum absolute atomic E-state index is 13.9. The van der Waals surface area contributed by atoms with Crippen LogP contribution in [-0.4, -0.2) is 24.6 Å². The van der Waals surface area contributed by atoms with Crippen molar-refractivity contribution >= 4 is 33.2 Å². The van der Waals surface area contributed by atoms with Crippen LogP contribution in [-0.2, 0) is 6.42 Å². The van der Waals surface area contributed by atoms with E-state index in [2.05, 4.69) is 40.8 Å². The van der Waals surface area contributed by atoms with Gasteiger partial charge in [-0.05, 0) is 39.7 Å². The molecule has 0 aliphatic heterocycles. The largest absolute Gasteiger partial charge is 0.368 e. The Bertz CT molecular complexity index is 1210. The number of fused-ring (bicyclic) bond motifs is 1. The van der Waals surface area contributed by atoms with Crippen LogP contribution in [0.15, 0.2) is 47.1 Å². The van der Waals surface area contributed by atoms with Crippen LogP contribution >= 0.6 is 15.9 Å². The standard InChI is InChI=1S/C18H11BrFN7/c1-22-11-5-2-4-10(8-11)16-15(19)17-24-14(26-27(17)18(21)25-16)9-13-12(20)6-3-7-23-13/h2-8H,9H2,(H2,21,25). The van der Waals surface area contributed by atoms with Crippen LogP contribution in [0.5, 0.6) is 0 Å². The van der Waals surface area contributed by atoms with Crippen molar-refractivity contribution < 1.29 is 4.39 Å². The van der Waals surface area contributed by atoms with E-state index in [4.69, 9.17) is 12.3 Å². The fourth-order valence-corrected chi connectivity index (χ4v) is 3.23. The van der Waals surface area contributed by atoms with Gasteiger partial charge in [0.2, 0.25) is 5.95 Å². The number of nitrogens with two attached hydrogens (primary N) is 1. The third-order valence-corrected chi connectivity index (χ3v) is 4.64.